The van der Waals surface area contributed by atoms with E-state index in [4.69, 9.17) is 4.74 Å². The highest BCUT2D eigenvalue weighted by atomic mass is 16.5. The van der Waals surface area contributed by atoms with E-state index in [1.54, 1.807) is 19.0 Å². The molecule has 0 bridgehead atoms. The highest BCUT2D eigenvalue weighted by molar-refractivity contribution is 5.75. The standard InChI is InChI=1S/C16H26N2O2/c1-13(17-2)12-14-7-9-15(10-8-14)20-11-5-6-16(19)18(3)4/h7-10,13,17H,5-6,11-12H2,1-4H3. The largest absolute Gasteiger partial charge is 0.494 e. The number of benzene rings is 1. The molecule has 1 aromatic carbocycles. The highest BCUT2D eigenvalue weighted by Crippen LogP contribution is 2.14. The Bertz CT molecular complexity index is 401. The van der Waals surface area contributed by atoms with Gasteiger partial charge in [0.15, 0.2) is 0 Å². The van der Waals surface area contributed by atoms with E-state index >= 15 is 0 Å². The molecule has 112 valence electrons. The summed E-state index contributed by atoms with van der Waals surface area (Å²) in [6.07, 6.45) is 2.29. The number of ether oxygens (including phenoxy) is 1. The summed E-state index contributed by atoms with van der Waals surface area (Å²) in [5.41, 5.74) is 1.29. The molecular weight excluding hydrogens is 252 g/mol. The van der Waals surface area contributed by atoms with Gasteiger partial charge in [-0.25, -0.2) is 0 Å². The highest BCUT2D eigenvalue weighted by Gasteiger charge is 2.04. The second-order valence-electron chi connectivity index (χ2n) is 5.28. The zero-order valence-electron chi connectivity index (χ0n) is 13.0. The molecule has 1 atom stereocenters. The lowest BCUT2D eigenvalue weighted by Crippen LogP contribution is -2.23. The van der Waals surface area contributed by atoms with Gasteiger partial charge in [-0.2, -0.15) is 0 Å². The molecule has 0 aliphatic rings. The van der Waals surface area contributed by atoms with Crippen LogP contribution in [0.4, 0.5) is 0 Å². The van der Waals surface area contributed by atoms with E-state index in [9.17, 15) is 4.79 Å². The number of carbonyl (C=O) groups excluding carboxylic acids is 1. The third-order valence-electron chi connectivity index (χ3n) is 3.26. The van der Waals surface area contributed by atoms with Crippen LogP contribution in [0.2, 0.25) is 0 Å². The van der Waals surface area contributed by atoms with Crippen molar-refractivity contribution in [3.63, 3.8) is 0 Å². The predicted molar refractivity (Wildman–Crippen MR) is 82.1 cm³/mol. The topological polar surface area (TPSA) is 41.6 Å². The molecule has 20 heavy (non-hydrogen) atoms. The van der Waals surface area contributed by atoms with E-state index in [2.05, 4.69) is 24.4 Å². The van der Waals surface area contributed by atoms with Gasteiger partial charge < -0.3 is 15.0 Å². The van der Waals surface area contributed by atoms with Crippen LogP contribution in [0, 0.1) is 0 Å². The lowest BCUT2D eigenvalue weighted by Gasteiger charge is -2.12. The molecule has 0 fully saturated rings. The summed E-state index contributed by atoms with van der Waals surface area (Å²) in [7, 11) is 5.51. The summed E-state index contributed by atoms with van der Waals surface area (Å²) < 4.78 is 5.64. The van der Waals surface area contributed by atoms with Gasteiger partial charge in [0.1, 0.15) is 5.75 Å². The van der Waals surface area contributed by atoms with Crippen molar-refractivity contribution in [2.45, 2.75) is 32.2 Å². The number of nitrogens with zero attached hydrogens (tertiary/aromatic N) is 1. The SMILES string of the molecule is CNC(C)Cc1ccc(OCCCC(=O)N(C)C)cc1. The van der Waals surface area contributed by atoms with Gasteiger partial charge in [0.2, 0.25) is 5.91 Å². The molecule has 0 saturated carbocycles. The summed E-state index contributed by atoms with van der Waals surface area (Å²) in [4.78, 5) is 13.0. The van der Waals surface area contributed by atoms with Crippen molar-refractivity contribution < 1.29 is 9.53 Å². The molecule has 0 saturated heterocycles. The number of nitrogens with one attached hydrogen (secondary N) is 1. The maximum Gasteiger partial charge on any atom is 0.222 e. The Labute approximate surface area is 122 Å². The Morgan fingerprint density at radius 2 is 1.95 bits per heavy atom. The number of rotatable bonds is 8. The van der Waals surface area contributed by atoms with E-state index in [0.717, 1.165) is 18.6 Å². The second-order valence-corrected chi connectivity index (χ2v) is 5.28. The summed E-state index contributed by atoms with van der Waals surface area (Å²) in [6.45, 7) is 2.73. The van der Waals surface area contributed by atoms with Crippen LogP contribution >= 0.6 is 0 Å². The van der Waals surface area contributed by atoms with E-state index in [1.807, 2.05) is 19.2 Å². The first kappa shape index (κ1) is 16.5. The fraction of sp³-hybridized carbons (Fsp3) is 0.562. The van der Waals surface area contributed by atoms with Gasteiger partial charge in [0.05, 0.1) is 6.61 Å². The maximum absolute atomic E-state index is 11.4. The molecule has 4 heteroatoms. The minimum absolute atomic E-state index is 0.144. The van der Waals surface area contributed by atoms with Gasteiger partial charge in [-0.15, -0.1) is 0 Å². The number of amides is 1. The van der Waals surface area contributed by atoms with Gasteiger partial charge in [-0.1, -0.05) is 12.1 Å². The average molecular weight is 278 g/mol. The maximum atomic E-state index is 11.4. The number of likely N-dealkylation sites (N-methyl/N-ethyl adjacent to an activating group) is 1. The van der Waals surface area contributed by atoms with Crippen molar-refractivity contribution in [3.05, 3.63) is 29.8 Å². The molecular formula is C16H26N2O2. The molecule has 0 heterocycles. The number of hydrogen-bond donors (Lipinski definition) is 1. The lowest BCUT2D eigenvalue weighted by molar-refractivity contribution is -0.128. The molecule has 0 aliphatic heterocycles. The minimum Gasteiger partial charge on any atom is -0.494 e. The fourth-order valence-electron chi connectivity index (χ4n) is 1.81. The molecule has 1 unspecified atom stereocenters. The fourth-order valence-corrected chi connectivity index (χ4v) is 1.81. The molecule has 1 N–H and O–H groups in total. The third kappa shape index (κ3) is 6.06. The van der Waals surface area contributed by atoms with E-state index in [0.29, 0.717) is 19.1 Å². The molecule has 0 spiro atoms. The second kappa shape index (κ2) is 8.59. The Morgan fingerprint density at radius 1 is 1.30 bits per heavy atom. The van der Waals surface area contributed by atoms with Crippen LogP contribution in [0.15, 0.2) is 24.3 Å². The van der Waals surface area contributed by atoms with Crippen molar-refractivity contribution in [2.75, 3.05) is 27.7 Å². The molecule has 1 amide bonds. The minimum atomic E-state index is 0.144. The van der Waals surface area contributed by atoms with Crippen molar-refractivity contribution in [2.24, 2.45) is 0 Å². The van der Waals surface area contributed by atoms with E-state index < -0.39 is 0 Å². The Balaban J connectivity index is 2.29. The molecule has 1 aromatic rings. The molecule has 1 rings (SSSR count). The van der Waals surface area contributed by atoms with Crippen molar-refractivity contribution in [3.8, 4) is 5.75 Å². The van der Waals surface area contributed by atoms with Crippen LogP contribution in [0.5, 0.6) is 5.75 Å². The van der Waals surface area contributed by atoms with Gasteiger partial charge in [-0.05, 0) is 44.5 Å². The van der Waals surface area contributed by atoms with Crippen LogP contribution in [0.1, 0.15) is 25.3 Å². The first-order chi connectivity index (χ1) is 9.52. The summed E-state index contributed by atoms with van der Waals surface area (Å²) in [5, 5.41) is 3.22. The van der Waals surface area contributed by atoms with Gasteiger partial charge in [0.25, 0.3) is 0 Å². The van der Waals surface area contributed by atoms with Crippen molar-refractivity contribution in [1.29, 1.82) is 0 Å². The smallest absolute Gasteiger partial charge is 0.222 e. The molecule has 4 nitrogen and oxygen atoms in total. The van der Waals surface area contributed by atoms with Crippen LogP contribution in [0.25, 0.3) is 0 Å². The summed E-state index contributed by atoms with van der Waals surface area (Å²) >= 11 is 0. The molecule has 0 aromatic heterocycles. The Hall–Kier alpha value is -1.55. The van der Waals surface area contributed by atoms with Crippen LogP contribution in [-0.4, -0.2) is 44.6 Å². The van der Waals surface area contributed by atoms with Crippen molar-refractivity contribution in [1.82, 2.24) is 10.2 Å². The zero-order chi connectivity index (χ0) is 15.0. The van der Waals surface area contributed by atoms with Crippen LogP contribution in [-0.2, 0) is 11.2 Å². The van der Waals surface area contributed by atoms with Crippen molar-refractivity contribution >= 4 is 5.91 Å². The monoisotopic (exact) mass is 278 g/mol. The van der Waals surface area contributed by atoms with Gasteiger partial charge >= 0.3 is 0 Å². The first-order valence-corrected chi connectivity index (χ1v) is 7.12. The quantitative estimate of drug-likeness (QED) is 0.740. The van der Waals surface area contributed by atoms with Crippen LogP contribution < -0.4 is 10.1 Å². The molecule has 0 aliphatic carbocycles. The average Bonchev–Trinajstić information content (AvgIpc) is 2.44. The third-order valence-corrected chi connectivity index (χ3v) is 3.26. The Morgan fingerprint density at radius 3 is 2.50 bits per heavy atom. The Kier molecular flexibility index (Phi) is 7.09. The first-order valence-electron chi connectivity index (χ1n) is 7.12. The normalized spacial score (nSPS) is 12.0. The lowest BCUT2D eigenvalue weighted by atomic mass is 10.1. The van der Waals surface area contributed by atoms with Gasteiger partial charge in [0, 0.05) is 26.6 Å². The predicted octanol–water partition coefficient (Wildman–Crippen LogP) is 2.08. The zero-order valence-corrected chi connectivity index (χ0v) is 13.0. The summed E-state index contributed by atoms with van der Waals surface area (Å²) in [6, 6.07) is 8.64. The van der Waals surface area contributed by atoms with Crippen LogP contribution in [0.3, 0.4) is 0 Å². The van der Waals surface area contributed by atoms with E-state index in [-0.39, 0.29) is 5.91 Å². The number of hydrogen-bond acceptors (Lipinski definition) is 3. The number of carbonyl (C=O) groups is 1. The van der Waals surface area contributed by atoms with Gasteiger partial charge in [-0.3, -0.25) is 4.79 Å². The summed E-state index contributed by atoms with van der Waals surface area (Å²) in [5.74, 6) is 1.01. The van der Waals surface area contributed by atoms with E-state index in [1.165, 1.54) is 5.56 Å². The molecule has 0 radical (unpaired) electrons.